The van der Waals surface area contributed by atoms with Crippen molar-refractivity contribution in [1.29, 1.82) is 0 Å². The summed E-state index contributed by atoms with van der Waals surface area (Å²) in [4.78, 5) is 21.5. The zero-order chi connectivity index (χ0) is 26.2. The van der Waals surface area contributed by atoms with E-state index in [1.165, 1.54) is 11.8 Å². The molecule has 2 saturated heterocycles. The molecule has 0 aliphatic carbocycles. The van der Waals surface area contributed by atoms with Crippen molar-refractivity contribution in [3.05, 3.63) is 71.9 Å². The van der Waals surface area contributed by atoms with Crippen LogP contribution in [0.25, 0.3) is 5.65 Å². The third kappa shape index (κ3) is 5.88. The van der Waals surface area contributed by atoms with Gasteiger partial charge in [0.15, 0.2) is 0 Å². The number of aromatic nitrogens is 2. The van der Waals surface area contributed by atoms with E-state index in [-0.39, 0.29) is 23.1 Å². The first-order valence-electron chi connectivity index (χ1n) is 13.5. The van der Waals surface area contributed by atoms with Crippen LogP contribution in [0.15, 0.2) is 54.9 Å². The summed E-state index contributed by atoms with van der Waals surface area (Å²) in [6, 6.07) is 12.5. The second-order valence-corrected chi connectivity index (χ2v) is 12.2. The van der Waals surface area contributed by atoms with Gasteiger partial charge >= 0.3 is 5.97 Å². The average Bonchev–Trinajstić information content (AvgIpc) is 3.47. The highest BCUT2D eigenvalue weighted by Gasteiger charge is 2.41. The molecule has 2 fully saturated rings. The SMILES string of the molecule is CC(C)(C)C[C@H](C(=O)O)N1C[C@H](CN2CCC(c3cnc4ccccn34)CC2)[C@@H](c2cccc(F)c2)C1. The lowest BCUT2D eigenvalue weighted by Gasteiger charge is -2.34. The number of benzene rings is 1. The van der Waals surface area contributed by atoms with Gasteiger partial charge in [0.2, 0.25) is 0 Å². The van der Waals surface area contributed by atoms with Crippen LogP contribution >= 0.6 is 0 Å². The number of fused-ring (bicyclic) bond motifs is 1. The molecule has 1 aromatic carbocycles. The Balaban J connectivity index is 1.30. The van der Waals surface area contributed by atoms with Gasteiger partial charge in [0, 0.05) is 49.6 Å². The van der Waals surface area contributed by atoms with Crippen molar-refractivity contribution in [1.82, 2.24) is 19.2 Å². The van der Waals surface area contributed by atoms with Crippen molar-refractivity contribution in [3.63, 3.8) is 0 Å². The van der Waals surface area contributed by atoms with E-state index in [2.05, 4.69) is 52.2 Å². The van der Waals surface area contributed by atoms with Gasteiger partial charge in [-0.25, -0.2) is 9.37 Å². The topological polar surface area (TPSA) is 61.1 Å². The number of carboxylic acid groups (broad SMARTS) is 1. The number of hydrogen-bond acceptors (Lipinski definition) is 4. The van der Waals surface area contributed by atoms with Gasteiger partial charge in [0.1, 0.15) is 17.5 Å². The Morgan fingerprint density at radius 3 is 2.62 bits per heavy atom. The maximum Gasteiger partial charge on any atom is 0.320 e. The molecule has 4 heterocycles. The van der Waals surface area contributed by atoms with E-state index in [1.807, 2.05) is 24.4 Å². The molecule has 3 aromatic rings. The van der Waals surface area contributed by atoms with Crippen LogP contribution < -0.4 is 0 Å². The van der Waals surface area contributed by atoms with Crippen molar-refractivity contribution >= 4 is 11.6 Å². The Kier molecular flexibility index (Phi) is 7.37. The van der Waals surface area contributed by atoms with Gasteiger partial charge in [0.25, 0.3) is 0 Å². The largest absolute Gasteiger partial charge is 0.480 e. The molecule has 7 heteroatoms. The summed E-state index contributed by atoms with van der Waals surface area (Å²) in [5.74, 6) is -0.128. The predicted octanol–water partition coefficient (Wildman–Crippen LogP) is 5.26. The summed E-state index contributed by atoms with van der Waals surface area (Å²) in [5, 5.41) is 10.1. The summed E-state index contributed by atoms with van der Waals surface area (Å²) in [7, 11) is 0. The molecule has 3 atom stereocenters. The Bertz CT molecular complexity index is 1230. The molecular formula is C30H39FN4O2. The maximum atomic E-state index is 14.2. The molecule has 6 nitrogen and oxygen atoms in total. The van der Waals surface area contributed by atoms with Crippen molar-refractivity contribution in [2.45, 2.75) is 57.9 Å². The maximum absolute atomic E-state index is 14.2. The first kappa shape index (κ1) is 25.9. The third-order valence-corrected chi connectivity index (χ3v) is 8.22. The van der Waals surface area contributed by atoms with Gasteiger partial charge < -0.3 is 14.4 Å². The zero-order valence-corrected chi connectivity index (χ0v) is 22.2. The smallest absolute Gasteiger partial charge is 0.320 e. The fourth-order valence-electron chi connectivity index (χ4n) is 6.41. The first-order chi connectivity index (χ1) is 17.7. The van der Waals surface area contributed by atoms with E-state index in [1.54, 1.807) is 12.1 Å². The van der Waals surface area contributed by atoms with Crippen molar-refractivity contribution in [2.75, 3.05) is 32.7 Å². The average molecular weight is 507 g/mol. The number of imidazole rings is 1. The monoisotopic (exact) mass is 506 g/mol. The molecule has 0 spiro atoms. The van der Waals surface area contributed by atoms with Crippen LogP contribution in [-0.4, -0.2) is 69.0 Å². The lowest BCUT2D eigenvalue weighted by molar-refractivity contribution is -0.144. The molecule has 0 unspecified atom stereocenters. The number of likely N-dealkylation sites (tertiary alicyclic amines) is 2. The van der Waals surface area contributed by atoms with E-state index in [4.69, 9.17) is 0 Å². The lowest BCUT2D eigenvalue weighted by Crippen LogP contribution is -2.43. The molecular weight excluding hydrogens is 467 g/mol. The van der Waals surface area contributed by atoms with Crippen LogP contribution in [0.3, 0.4) is 0 Å². The van der Waals surface area contributed by atoms with Gasteiger partial charge in [0.05, 0.1) is 0 Å². The standard InChI is InChI=1S/C30H39FN4O2/c1-30(2,3)16-26(29(36)37)34-19-23(25(20-34)22-7-6-8-24(31)15-22)18-33-13-10-21(11-14-33)27-17-32-28-9-4-5-12-35(27)28/h4-9,12,15,17,21,23,25-26H,10-11,13-14,16,18-20H2,1-3H3,(H,36,37)/t23-,25+,26+/m0/s1. The van der Waals surface area contributed by atoms with Gasteiger partial charge in [-0.05, 0) is 73.5 Å². The molecule has 37 heavy (non-hydrogen) atoms. The van der Waals surface area contributed by atoms with Crippen LogP contribution in [0.5, 0.6) is 0 Å². The molecule has 2 aliphatic rings. The molecule has 5 rings (SSSR count). The lowest BCUT2D eigenvalue weighted by atomic mass is 9.87. The van der Waals surface area contributed by atoms with Crippen molar-refractivity contribution in [2.24, 2.45) is 11.3 Å². The Morgan fingerprint density at radius 2 is 1.92 bits per heavy atom. The van der Waals surface area contributed by atoms with Crippen molar-refractivity contribution < 1.29 is 14.3 Å². The molecule has 198 valence electrons. The van der Waals surface area contributed by atoms with E-state index >= 15 is 0 Å². The molecule has 0 bridgehead atoms. The number of rotatable bonds is 7. The van der Waals surface area contributed by atoms with Crippen LogP contribution in [-0.2, 0) is 4.79 Å². The van der Waals surface area contributed by atoms with E-state index in [0.29, 0.717) is 18.9 Å². The Morgan fingerprint density at radius 1 is 1.14 bits per heavy atom. The molecule has 0 amide bonds. The van der Waals surface area contributed by atoms with E-state index in [9.17, 15) is 14.3 Å². The van der Waals surface area contributed by atoms with Crippen LogP contribution in [0.2, 0.25) is 0 Å². The second kappa shape index (κ2) is 10.5. The van der Waals surface area contributed by atoms with Crippen LogP contribution in [0.1, 0.15) is 63.1 Å². The minimum Gasteiger partial charge on any atom is -0.480 e. The minimum absolute atomic E-state index is 0.0881. The van der Waals surface area contributed by atoms with Gasteiger partial charge in [-0.3, -0.25) is 9.69 Å². The molecule has 0 radical (unpaired) electrons. The third-order valence-electron chi connectivity index (χ3n) is 8.22. The highest BCUT2D eigenvalue weighted by atomic mass is 19.1. The second-order valence-electron chi connectivity index (χ2n) is 12.2. The zero-order valence-electron chi connectivity index (χ0n) is 22.2. The number of pyridine rings is 1. The minimum atomic E-state index is -0.762. The summed E-state index contributed by atoms with van der Waals surface area (Å²) in [6.45, 7) is 10.6. The van der Waals surface area contributed by atoms with E-state index < -0.39 is 12.0 Å². The molecule has 0 saturated carbocycles. The Labute approximate surface area is 219 Å². The predicted molar refractivity (Wildman–Crippen MR) is 143 cm³/mol. The van der Waals surface area contributed by atoms with E-state index in [0.717, 1.165) is 50.2 Å². The number of nitrogens with zero attached hydrogens (tertiary/aromatic N) is 4. The fourth-order valence-corrected chi connectivity index (χ4v) is 6.41. The molecule has 2 aliphatic heterocycles. The Hall–Kier alpha value is -2.77. The highest BCUT2D eigenvalue weighted by Crippen LogP contribution is 2.38. The molecule has 1 N–H and O–H groups in total. The van der Waals surface area contributed by atoms with Gasteiger partial charge in [-0.1, -0.05) is 39.0 Å². The quantitative estimate of drug-likeness (QED) is 0.474. The van der Waals surface area contributed by atoms with Gasteiger partial charge in [-0.2, -0.15) is 0 Å². The van der Waals surface area contributed by atoms with Crippen LogP contribution in [0, 0.1) is 17.2 Å². The summed E-state index contributed by atoms with van der Waals surface area (Å²) in [5.41, 5.74) is 3.17. The summed E-state index contributed by atoms with van der Waals surface area (Å²) in [6.07, 6.45) is 6.86. The number of aliphatic carboxylic acids is 1. The number of carboxylic acids is 1. The number of hydrogen-bond donors (Lipinski definition) is 1. The molecule has 2 aromatic heterocycles. The first-order valence-corrected chi connectivity index (χ1v) is 13.5. The number of carbonyl (C=O) groups is 1. The number of piperidine rings is 1. The number of halogens is 1. The summed E-state index contributed by atoms with van der Waals surface area (Å²) >= 11 is 0. The normalized spacial score (nSPS) is 23.0. The summed E-state index contributed by atoms with van der Waals surface area (Å²) < 4.78 is 16.4. The fraction of sp³-hybridized carbons (Fsp3) is 0.533. The van der Waals surface area contributed by atoms with Crippen LogP contribution in [0.4, 0.5) is 4.39 Å². The van der Waals surface area contributed by atoms with Gasteiger partial charge in [-0.15, -0.1) is 0 Å². The van der Waals surface area contributed by atoms with Crippen molar-refractivity contribution in [3.8, 4) is 0 Å². The highest BCUT2D eigenvalue weighted by molar-refractivity contribution is 5.73.